The maximum absolute atomic E-state index is 13.4. The topological polar surface area (TPSA) is 55.8 Å². The minimum absolute atomic E-state index is 0.0345. The molecule has 3 aliphatic carbocycles. The van der Waals surface area contributed by atoms with Crippen molar-refractivity contribution in [3.05, 3.63) is 65.0 Å². The quantitative estimate of drug-likeness (QED) is 0.362. The third kappa shape index (κ3) is 4.08. The van der Waals surface area contributed by atoms with Gasteiger partial charge in [-0.05, 0) is 97.2 Å². The van der Waals surface area contributed by atoms with Gasteiger partial charge in [0.15, 0.2) is 6.10 Å². The van der Waals surface area contributed by atoms with Crippen molar-refractivity contribution >= 4 is 11.7 Å². The Balaban J connectivity index is 1.06. The molecule has 2 saturated carbocycles. The van der Waals surface area contributed by atoms with Gasteiger partial charge >= 0.3 is 0 Å². The monoisotopic (exact) mass is 505 g/mol. The van der Waals surface area contributed by atoms with Crippen LogP contribution in [-0.4, -0.2) is 43.0 Å². The molecule has 0 unspecified atom stereocenters. The molecule has 0 bridgehead atoms. The molecule has 6 heteroatoms. The molecule has 2 aromatic carbocycles. The van der Waals surface area contributed by atoms with E-state index in [1.807, 2.05) is 0 Å². The van der Waals surface area contributed by atoms with Gasteiger partial charge in [-0.2, -0.15) is 0 Å². The van der Waals surface area contributed by atoms with Gasteiger partial charge in [-0.25, -0.2) is 4.39 Å². The molecule has 6 atom stereocenters. The summed E-state index contributed by atoms with van der Waals surface area (Å²) >= 11 is 0. The number of β-lactam (4-membered cyclic amide) rings is 1. The second kappa shape index (κ2) is 9.54. The molecule has 0 N–H and O–H groups in total. The van der Waals surface area contributed by atoms with E-state index >= 15 is 0 Å². The summed E-state index contributed by atoms with van der Waals surface area (Å²) < 4.78 is 24.9. The largest absolute Gasteiger partial charge is 0.494 e. The van der Waals surface area contributed by atoms with Gasteiger partial charge < -0.3 is 14.4 Å². The van der Waals surface area contributed by atoms with Crippen LogP contribution in [0.3, 0.4) is 0 Å². The molecular weight excluding hydrogens is 469 g/mol. The Morgan fingerprint density at radius 3 is 2.65 bits per heavy atom. The van der Waals surface area contributed by atoms with Crippen molar-refractivity contribution < 1.29 is 23.5 Å². The Kier molecular flexibility index (Phi) is 6.34. The number of hydrogen-bond donors (Lipinski definition) is 0. The number of hydrogen-bond acceptors (Lipinski definition) is 4. The molecule has 37 heavy (non-hydrogen) atoms. The smallest absolute Gasteiger partial charge is 0.254 e. The molecule has 0 radical (unpaired) electrons. The number of methoxy groups -OCH3 is 1. The summed E-state index contributed by atoms with van der Waals surface area (Å²) in [6, 6.07) is 12.6. The van der Waals surface area contributed by atoms with Gasteiger partial charge in [-0.15, -0.1) is 0 Å². The Labute approximate surface area is 218 Å². The van der Waals surface area contributed by atoms with E-state index in [1.54, 1.807) is 17.0 Å². The number of amides is 1. The summed E-state index contributed by atoms with van der Waals surface area (Å²) in [4.78, 5) is 26.9. The van der Waals surface area contributed by atoms with E-state index in [2.05, 4.69) is 25.1 Å². The normalized spacial score (nSPS) is 32.4. The number of ketones is 1. The van der Waals surface area contributed by atoms with Crippen LogP contribution in [0, 0.1) is 23.1 Å². The van der Waals surface area contributed by atoms with Crippen LogP contribution in [0.2, 0.25) is 0 Å². The fraction of sp³-hybridized carbons (Fsp3) is 0.548. The Morgan fingerprint density at radius 2 is 1.86 bits per heavy atom. The standard InChI is InChI=1S/C31H36FNO4/c1-31-15-14-24-23-11-9-22(18-20(23)6-10-25(24)26(31)12-13-27(31)34)37-17-3-16-33-28(29(36-2)30(33)35)19-4-7-21(32)8-5-19/h4-5,7-9,11,18,24-26,28-29H,3,6,10,12-17H2,1-2H3/t24-,25-,26+,28-,29+,31+/m1/s1. The molecule has 1 aliphatic heterocycles. The predicted octanol–water partition coefficient (Wildman–Crippen LogP) is 5.62. The van der Waals surface area contributed by atoms with Crippen LogP contribution < -0.4 is 4.74 Å². The summed E-state index contributed by atoms with van der Waals surface area (Å²) in [5.74, 6) is 2.79. The summed E-state index contributed by atoms with van der Waals surface area (Å²) in [5, 5.41) is 0. The molecule has 6 rings (SSSR count). The highest BCUT2D eigenvalue weighted by Crippen LogP contribution is 2.59. The van der Waals surface area contributed by atoms with E-state index in [1.165, 1.54) is 30.4 Å². The van der Waals surface area contributed by atoms with Crippen molar-refractivity contribution in [1.82, 2.24) is 4.90 Å². The highest BCUT2D eigenvalue weighted by Gasteiger charge is 2.54. The lowest BCUT2D eigenvalue weighted by Crippen LogP contribution is -2.59. The number of halogens is 1. The lowest BCUT2D eigenvalue weighted by Gasteiger charge is -2.48. The molecule has 2 aromatic rings. The average molecular weight is 506 g/mol. The Morgan fingerprint density at radius 1 is 1.05 bits per heavy atom. The van der Waals surface area contributed by atoms with Gasteiger partial charge in [0.1, 0.15) is 17.3 Å². The van der Waals surface area contributed by atoms with Crippen molar-refractivity contribution in [2.45, 2.75) is 69.9 Å². The second-order valence-electron chi connectivity index (χ2n) is 11.6. The lowest BCUT2D eigenvalue weighted by atomic mass is 9.55. The van der Waals surface area contributed by atoms with Crippen LogP contribution >= 0.6 is 0 Å². The van der Waals surface area contributed by atoms with Crippen molar-refractivity contribution in [2.24, 2.45) is 17.3 Å². The van der Waals surface area contributed by atoms with Crippen molar-refractivity contribution in [3.63, 3.8) is 0 Å². The van der Waals surface area contributed by atoms with E-state index in [9.17, 15) is 14.0 Å². The molecule has 0 aromatic heterocycles. The van der Waals surface area contributed by atoms with Gasteiger partial charge in [-0.1, -0.05) is 25.1 Å². The highest BCUT2D eigenvalue weighted by atomic mass is 19.1. The molecule has 4 aliphatic rings. The molecule has 1 amide bonds. The zero-order valence-corrected chi connectivity index (χ0v) is 21.8. The first-order valence-electron chi connectivity index (χ1n) is 13.8. The van der Waals surface area contributed by atoms with Gasteiger partial charge in [0, 0.05) is 25.5 Å². The van der Waals surface area contributed by atoms with E-state index in [-0.39, 0.29) is 23.2 Å². The van der Waals surface area contributed by atoms with Crippen molar-refractivity contribution in [3.8, 4) is 5.75 Å². The highest BCUT2D eigenvalue weighted by molar-refractivity contribution is 5.89. The molecule has 0 spiro atoms. The first-order chi connectivity index (χ1) is 17.9. The van der Waals surface area contributed by atoms with Crippen LogP contribution in [0.5, 0.6) is 5.75 Å². The molecule has 196 valence electrons. The molecule has 1 heterocycles. The fourth-order valence-corrected chi connectivity index (χ4v) is 7.86. The van der Waals surface area contributed by atoms with Crippen LogP contribution in [0.1, 0.15) is 74.1 Å². The third-order valence-corrected chi connectivity index (χ3v) is 9.83. The van der Waals surface area contributed by atoms with Crippen LogP contribution in [0.25, 0.3) is 0 Å². The predicted molar refractivity (Wildman–Crippen MR) is 138 cm³/mol. The van der Waals surface area contributed by atoms with Crippen LogP contribution in [-0.2, 0) is 20.7 Å². The minimum Gasteiger partial charge on any atom is -0.494 e. The van der Waals surface area contributed by atoms with Crippen molar-refractivity contribution in [1.29, 1.82) is 0 Å². The number of fused-ring (bicyclic) bond motifs is 5. The van der Waals surface area contributed by atoms with Crippen molar-refractivity contribution in [2.75, 3.05) is 20.3 Å². The number of Topliss-reactive ketones (excluding diaryl/α,β-unsaturated/α-hetero) is 1. The molecule has 1 saturated heterocycles. The van der Waals surface area contributed by atoms with Crippen LogP contribution in [0.15, 0.2) is 42.5 Å². The summed E-state index contributed by atoms with van der Waals surface area (Å²) in [5.41, 5.74) is 3.65. The molecule has 5 nitrogen and oxygen atoms in total. The van der Waals surface area contributed by atoms with Gasteiger partial charge in [0.05, 0.1) is 12.6 Å². The Hall–Kier alpha value is -2.73. The van der Waals surface area contributed by atoms with E-state index in [0.717, 1.165) is 49.8 Å². The maximum atomic E-state index is 13.4. The second-order valence-corrected chi connectivity index (χ2v) is 11.6. The minimum atomic E-state index is -0.518. The lowest BCUT2D eigenvalue weighted by molar-refractivity contribution is -0.171. The van der Waals surface area contributed by atoms with Gasteiger partial charge in [0.25, 0.3) is 5.91 Å². The number of ether oxygens (including phenoxy) is 2. The zero-order valence-electron chi connectivity index (χ0n) is 21.8. The van der Waals surface area contributed by atoms with E-state index < -0.39 is 6.10 Å². The van der Waals surface area contributed by atoms with Crippen LogP contribution in [0.4, 0.5) is 4.39 Å². The number of nitrogens with zero attached hydrogens (tertiary/aromatic N) is 1. The van der Waals surface area contributed by atoms with Gasteiger partial charge in [0.2, 0.25) is 0 Å². The summed E-state index contributed by atoms with van der Waals surface area (Å²) in [6.07, 6.45) is 6.37. The van der Waals surface area contributed by atoms with E-state index in [0.29, 0.717) is 43.1 Å². The summed E-state index contributed by atoms with van der Waals surface area (Å²) in [6.45, 7) is 3.31. The number of likely N-dealkylation sites (tertiary alicyclic amines) is 1. The molecule has 3 fully saturated rings. The SMILES string of the molecule is CO[C@@H]1C(=O)N(CCCOc2ccc3c(c2)CC[C@@H]2[C@@H]3CC[C@]3(C)C(=O)CC[C@@H]23)[C@@H]1c1ccc(F)cc1. The summed E-state index contributed by atoms with van der Waals surface area (Å²) in [7, 11) is 1.54. The zero-order chi connectivity index (χ0) is 25.7. The number of aryl methyl sites for hydroxylation is 1. The number of carbonyl (C=O) groups excluding carboxylic acids is 2. The fourth-order valence-electron chi connectivity index (χ4n) is 7.86. The maximum Gasteiger partial charge on any atom is 0.254 e. The number of rotatable bonds is 7. The molecular formula is C31H36FNO4. The van der Waals surface area contributed by atoms with Gasteiger partial charge in [-0.3, -0.25) is 9.59 Å². The number of carbonyl (C=O) groups is 2. The van der Waals surface area contributed by atoms with E-state index in [4.69, 9.17) is 9.47 Å². The average Bonchev–Trinajstić information content (AvgIpc) is 3.21. The first-order valence-corrected chi connectivity index (χ1v) is 13.8. The third-order valence-electron chi connectivity index (χ3n) is 9.83. The Bertz CT molecular complexity index is 1200. The number of benzene rings is 2. The first kappa shape index (κ1) is 24.6.